The van der Waals surface area contributed by atoms with Crippen LogP contribution < -0.4 is 9.33 Å². The Kier molecular flexibility index (Phi) is 7.80. The van der Waals surface area contributed by atoms with Gasteiger partial charge in [-0.05, 0) is 97.9 Å². The number of aromatic nitrogens is 2. The quantitative estimate of drug-likeness (QED) is 0.162. The molecule has 2 aliphatic rings. The molecule has 4 aromatic rings. The maximum absolute atomic E-state index is 16.7. The van der Waals surface area contributed by atoms with Crippen molar-refractivity contribution in [2.45, 2.75) is 90.2 Å². The zero-order valence-electron chi connectivity index (χ0n) is 27.4. The van der Waals surface area contributed by atoms with E-state index in [1.165, 1.54) is 0 Å². The number of fused-ring (bicyclic) bond motifs is 4. The Morgan fingerprint density at radius 2 is 1.60 bits per heavy atom. The molecule has 45 heavy (non-hydrogen) atoms. The second-order valence-corrected chi connectivity index (χ2v) is 19.9. The number of amides is 1. The predicted octanol–water partition coefficient (Wildman–Crippen LogP) is 9.21. The maximum atomic E-state index is 16.7. The van der Waals surface area contributed by atoms with E-state index in [1.54, 1.807) is 0 Å². The molecular formula is C35H42ClFN4O3Si. The lowest BCUT2D eigenvalue weighted by molar-refractivity contribution is 0.0123. The zero-order chi connectivity index (χ0) is 32.5. The van der Waals surface area contributed by atoms with Crippen LogP contribution in [0, 0.1) is 5.82 Å². The molecule has 10 heteroatoms. The first kappa shape index (κ1) is 31.5. The molecule has 0 radical (unpaired) electrons. The lowest BCUT2D eigenvalue weighted by Crippen LogP contribution is -2.57. The van der Waals surface area contributed by atoms with Crippen molar-refractivity contribution in [1.29, 1.82) is 0 Å². The number of rotatable bonds is 4. The molecular weight excluding hydrogens is 607 g/mol. The molecule has 1 aromatic heterocycles. The molecule has 2 fully saturated rings. The van der Waals surface area contributed by atoms with Crippen LogP contribution in [-0.2, 0) is 4.74 Å². The average molecular weight is 649 g/mol. The van der Waals surface area contributed by atoms with Crippen LogP contribution in [0.3, 0.4) is 0 Å². The van der Waals surface area contributed by atoms with Crippen LogP contribution in [0.1, 0.15) is 54.4 Å². The van der Waals surface area contributed by atoms with Gasteiger partial charge in [0.2, 0.25) is 13.6 Å². The van der Waals surface area contributed by atoms with Crippen LogP contribution >= 0.6 is 11.6 Å². The normalized spacial score (nSPS) is 19.0. The summed E-state index contributed by atoms with van der Waals surface area (Å²) in [5.74, 6) is 0.855. The summed E-state index contributed by atoms with van der Waals surface area (Å²) in [6.07, 6.45) is 1.45. The fourth-order valence-corrected chi connectivity index (χ4v) is 7.45. The first-order valence-electron chi connectivity index (χ1n) is 15.7. The van der Waals surface area contributed by atoms with Crippen molar-refractivity contribution in [1.82, 2.24) is 14.9 Å². The molecule has 238 valence electrons. The fraction of sp³-hybridized carbons (Fsp3) is 0.457. The Bertz CT molecular complexity index is 1790. The Labute approximate surface area is 270 Å². The van der Waals surface area contributed by atoms with Gasteiger partial charge in [-0.15, -0.1) is 0 Å². The number of anilines is 1. The second-order valence-electron chi connectivity index (χ2n) is 14.9. The molecule has 2 atom stereocenters. The highest BCUT2D eigenvalue weighted by Crippen LogP contribution is 2.42. The minimum absolute atomic E-state index is 0.00887. The molecule has 0 spiro atoms. The number of halogens is 2. The van der Waals surface area contributed by atoms with Crippen molar-refractivity contribution >= 4 is 53.5 Å². The minimum atomic E-state index is -2.15. The summed E-state index contributed by atoms with van der Waals surface area (Å²) >= 11 is 6.47. The highest BCUT2D eigenvalue weighted by Gasteiger charge is 2.45. The van der Waals surface area contributed by atoms with Gasteiger partial charge in [-0.2, -0.15) is 4.98 Å². The Morgan fingerprint density at radius 1 is 0.933 bits per heavy atom. The van der Waals surface area contributed by atoms with Crippen molar-refractivity contribution in [3.05, 3.63) is 59.6 Å². The van der Waals surface area contributed by atoms with Gasteiger partial charge in [0.15, 0.2) is 5.82 Å². The molecule has 0 saturated carbocycles. The topological polar surface area (TPSA) is 67.8 Å². The summed E-state index contributed by atoms with van der Waals surface area (Å²) in [7, 11) is -2.15. The van der Waals surface area contributed by atoms with Gasteiger partial charge in [-0.25, -0.2) is 14.2 Å². The maximum Gasteiger partial charge on any atom is 0.410 e. The number of carbonyl (C=O) groups is 1. The van der Waals surface area contributed by atoms with E-state index in [-0.39, 0.29) is 34.0 Å². The van der Waals surface area contributed by atoms with Crippen molar-refractivity contribution in [3.8, 4) is 16.9 Å². The molecule has 3 aromatic carbocycles. The van der Waals surface area contributed by atoms with Crippen molar-refractivity contribution in [2.75, 3.05) is 18.0 Å². The zero-order valence-corrected chi connectivity index (χ0v) is 29.1. The third-order valence-electron chi connectivity index (χ3n) is 9.45. The molecule has 2 bridgehead atoms. The van der Waals surface area contributed by atoms with Crippen LogP contribution in [0.5, 0.6) is 5.75 Å². The molecule has 3 heterocycles. The number of carbonyl (C=O) groups excluding carboxylic acids is 1. The van der Waals surface area contributed by atoms with Gasteiger partial charge in [0, 0.05) is 24.0 Å². The van der Waals surface area contributed by atoms with Crippen molar-refractivity contribution < 1.29 is 18.3 Å². The highest BCUT2D eigenvalue weighted by molar-refractivity contribution is 6.74. The van der Waals surface area contributed by atoms with Crippen LogP contribution in [0.2, 0.25) is 23.4 Å². The average Bonchev–Trinajstić information content (AvgIpc) is 3.20. The third kappa shape index (κ3) is 5.97. The molecule has 7 nitrogen and oxygen atoms in total. The van der Waals surface area contributed by atoms with Gasteiger partial charge in [0.25, 0.3) is 0 Å². The number of hydrogen-bond donors (Lipinski definition) is 0. The highest BCUT2D eigenvalue weighted by atomic mass is 35.5. The number of hydrogen-bond acceptors (Lipinski definition) is 6. The van der Waals surface area contributed by atoms with Gasteiger partial charge >= 0.3 is 6.09 Å². The van der Waals surface area contributed by atoms with Crippen LogP contribution in [0.4, 0.5) is 15.0 Å². The standard InChI is InChI=1S/C35H42ClFN4O3Si/c1-34(2,3)43-33(42)41-22-13-14-23(41)20-40(19-22)31-27-16-15-26(29(37)30(27)38-32(36)39-31)28-18-24(44-45(7,8)35(4,5)6)17-21-11-9-10-12-25(21)28/h9-12,15-18,22-23H,13-14,19-20H2,1-8H3. The molecule has 2 saturated heterocycles. The van der Waals surface area contributed by atoms with E-state index in [2.05, 4.69) is 48.7 Å². The molecule has 2 aliphatic heterocycles. The van der Waals surface area contributed by atoms with Crippen molar-refractivity contribution in [2.24, 2.45) is 0 Å². The van der Waals surface area contributed by atoms with Gasteiger partial charge in [-0.3, -0.25) is 4.90 Å². The third-order valence-corrected chi connectivity index (χ3v) is 14.0. The smallest absolute Gasteiger partial charge is 0.410 e. The molecule has 0 N–H and O–H groups in total. The predicted molar refractivity (Wildman–Crippen MR) is 182 cm³/mol. The summed E-state index contributed by atoms with van der Waals surface area (Å²) < 4.78 is 29.1. The molecule has 0 aliphatic carbocycles. The minimum Gasteiger partial charge on any atom is -0.543 e. The number of benzene rings is 3. The summed E-state index contributed by atoms with van der Waals surface area (Å²) in [4.78, 5) is 26.0. The first-order chi connectivity index (χ1) is 21.0. The van der Waals surface area contributed by atoms with E-state index in [0.29, 0.717) is 29.9 Å². The first-order valence-corrected chi connectivity index (χ1v) is 19.0. The fourth-order valence-electron chi connectivity index (χ4n) is 6.27. The number of piperazine rings is 1. The molecule has 6 rings (SSSR count). The van der Waals surface area contributed by atoms with Gasteiger partial charge in [-0.1, -0.05) is 51.1 Å². The van der Waals surface area contributed by atoms with E-state index in [1.807, 2.05) is 74.2 Å². The van der Waals surface area contributed by atoms with E-state index >= 15 is 4.39 Å². The summed E-state index contributed by atoms with van der Waals surface area (Å²) in [6, 6.07) is 15.6. The SMILES string of the molecule is CC(C)(C)OC(=O)N1C2CCC1CN(c1nc(Cl)nc3c(F)c(-c4cc(O[Si](C)(C)C(C)(C)C)cc5ccccc45)ccc13)C2. The summed E-state index contributed by atoms with van der Waals surface area (Å²) in [5.41, 5.74) is 0.765. The lowest BCUT2D eigenvalue weighted by atomic mass is 9.96. The monoisotopic (exact) mass is 648 g/mol. The second kappa shape index (κ2) is 11.1. The number of nitrogens with zero attached hydrogens (tertiary/aromatic N) is 4. The van der Waals surface area contributed by atoms with E-state index < -0.39 is 19.7 Å². The van der Waals surface area contributed by atoms with E-state index in [0.717, 1.165) is 34.9 Å². The molecule has 1 amide bonds. The molecule has 2 unspecified atom stereocenters. The van der Waals surface area contributed by atoms with E-state index in [9.17, 15) is 4.79 Å². The Balaban J connectivity index is 1.40. The van der Waals surface area contributed by atoms with E-state index in [4.69, 9.17) is 20.8 Å². The van der Waals surface area contributed by atoms with Gasteiger partial charge in [0.1, 0.15) is 22.7 Å². The van der Waals surface area contributed by atoms with Gasteiger partial charge in [0.05, 0.1) is 12.1 Å². The van der Waals surface area contributed by atoms with Crippen LogP contribution in [0.25, 0.3) is 32.8 Å². The van der Waals surface area contributed by atoms with Crippen LogP contribution in [0.15, 0.2) is 48.5 Å². The Morgan fingerprint density at radius 3 is 2.24 bits per heavy atom. The summed E-state index contributed by atoms with van der Waals surface area (Å²) in [5, 5.41) is 2.48. The van der Waals surface area contributed by atoms with Crippen LogP contribution in [-0.4, -0.2) is 60.1 Å². The largest absolute Gasteiger partial charge is 0.543 e. The summed E-state index contributed by atoms with van der Waals surface area (Å²) in [6.45, 7) is 17.8. The lowest BCUT2D eigenvalue weighted by Gasteiger charge is -2.42. The number of ether oxygens (including phenoxy) is 1. The Hall–Kier alpha value is -3.43. The van der Waals surface area contributed by atoms with Gasteiger partial charge < -0.3 is 14.1 Å². The van der Waals surface area contributed by atoms with Crippen molar-refractivity contribution in [3.63, 3.8) is 0 Å².